The van der Waals surface area contributed by atoms with Crippen LogP contribution in [0.4, 0.5) is 0 Å². The van der Waals surface area contributed by atoms with Gasteiger partial charge in [0.1, 0.15) is 17.1 Å². The van der Waals surface area contributed by atoms with Gasteiger partial charge in [0.25, 0.3) is 5.56 Å². The number of ketones is 1. The molecule has 0 bridgehead atoms. The number of carbonyl (C=O) groups is 1. The molecule has 2 heterocycles. The van der Waals surface area contributed by atoms with Crippen molar-refractivity contribution in [1.82, 2.24) is 13.7 Å². The summed E-state index contributed by atoms with van der Waals surface area (Å²) in [5.74, 6) is 1.01. The van der Waals surface area contributed by atoms with Crippen molar-refractivity contribution in [1.29, 1.82) is 0 Å². The molecule has 0 amide bonds. The van der Waals surface area contributed by atoms with Crippen molar-refractivity contribution < 1.29 is 14.3 Å². The van der Waals surface area contributed by atoms with E-state index in [0.717, 1.165) is 4.57 Å². The molecule has 164 valence electrons. The molecule has 0 aliphatic heterocycles. The highest BCUT2D eigenvalue weighted by atomic mass is 16.5. The summed E-state index contributed by atoms with van der Waals surface area (Å²) in [6, 6.07) is 13.9. The first-order valence-corrected chi connectivity index (χ1v) is 9.91. The van der Waals surface area contributed by atoms with Gasteiger partial charge >= 0.3 is 5.69 Å². The molecule has 4 rings (SSSR count). The molecular weight excluding hydrogens is 410 g/mol. The minimum absolute atomic E-state index is 0.272. The summed E-state index contributed by atoms with van der Waals surface area (Å²) in [7, 11) is 7.82. The van der Waals surface area contributed by atoms with Crippen molar-refractivity contribution >= 4 is 16.8 Å². The van der Waals surface area contributed by atoms with Crippen LogP contribution in [-0.4, -0.2) is 33.7 Å². The molecule has 0 radical (unpaired) electrons. The number of hydrogen-bond acceptors (Lipinski definition) is 5. The zero-order valence-electron chi connectivity index (χ0n) is 18.5. The smallest absolute Gasteiger partial charge is 0.332 e. The van der Waals surface area contributed by atoms with Crippen LogP contribution in [-0.2, 0) is 21.1 Å². The number of hydrogen-bond donors (Lipinski definition) is 0. The number of aryl methyl sites for hydroxylation is 2. The van der Waals surface area contributed by atoms with Gasteiger partial charge in [-0.25, -0.2) is 4.79 Å². The van der Waals surface area contributed by atoms with Crippen LogP contribution in [0.5, 0.6) is 11.5 Å². The molecule has 0 aliphatic carbocycles. The first-order chi connectivity index (χ1) is 15.3. The first-order valence-electron chi connectivity index (χ1n) is 9.91. The van der Waals surface area contributed by atoms with E-state index in [1.54, 1.807) is 81.4 Å². The lowest BCUT2D eigenvalue weighted by Crippen LogP contribution is -2.37. The minimum Gasteiger partial charge on any atom is -0.497 e. The van der Waals surface area contributed by atoms with E-state index in [9.17, 15) is 14.4 Å². The average molecular weight is 433 g/mol. The maximum Gasteiger partial charge on any atom is 0.332 e. The van der Waals surface area contributed by atoms with Crippen LogP contribution >= 0.6 is 0 Å². The molecule has 32 heavy (non-hydrogen) atoms. The summed E-state index contributed by atoms with van der Waals surface area (Å²) in [6.45, 7) is 0. The van der Waals surface area contributed by atoms with Crippen LogP contribution in [0.1, 0.15) is 16.1 Å². The fraction of sp³-hybridized carbons (Fsp3) is 0.208. The van der Waals surface area contributed by atoms with Crippen molar-refractivity contribution in [3.05, 3.63) is 80.6 Å². The van der Waals surface area contributed by atoms with Crippen LogP contribution in [0.25, 0.3) is 22.2 Å². The van der Waals surface area contributed by atoms with Gasteiger partial charge in [-0.05, 0) is 42.0 Å². The Morgan fingerprint density at radius 2 is 1.28 bits per heavy atom. The Labute approximate surface area is 183 Å². The van der Waals surface area contributed by atoms with E-state index in [0.29, 0.717) is 44.9 Å². The molecule has 0 spiro atoms. The van der Waals surface area contributed by atoms with E-state index in [2.05, 4.69) is 0 Å². The summed E-state index contributed by atoms with van der Waals surface area (Å²) in [5.41, 5.74) is 1.35. The van der Waals surface area contributed by atoms with Gasteiger partial charge in [0, 0.05) is 32.3 Å². The lowest BCUT2D eigenvalue weighted by molar-refractivity contribution is 0.103. The van der Waals surface area contributed by atoms with Gasteiger partial charge in [0.05, 0.1) is 25.3 Å². The Kier molecular flexibility index (Phi) is 5.22. The third kappa shape index (κ3) is 3.11. The molecule has 8 nitrogen and oxygen atoms in total. The number of ether oxygens (including phenoxy) is 2. The number of nitrogens with zero attached hydrogens (tertiary/aromatic N) is 3. The Morgan fingerprint density at radius 3 is 1.81 bits per heavy atom. The molecule has 2 aromatic heterocycles. The predicted molar refractivity (Wildman–Crippen MR) is 122 cm³/mol. The summed E-state index contributed by atoms with van der Waals surface area (Å²) >= 11 is 0. The number of carbonyl (C=O) groups excluding carboxylic acids is 1. The number of methoxy groups -OCH3 is 2. The topological polar surface area (TPSA) is 84.5 Å². The summed E-state index contributed by atoms with van der Waals surface area (Å²) in [6.07, 6.45) is 0. The quantitative estimate of drug-likeness (QED) is 0.452. The Balaban J connectivity index is 2.11. The van der Waals surface area contributed by atoms with Crippen LogP contribution in [0, 0.1) is 0 Å². The third-order valence-electron chi connectivity index (χ3n) is 5.72. The summed E-state index contributed by atoms with van der Waals surface area (Å²) in [4.78, 5) is 39.5. The number of fused-ring (bicyclic) bond motifs is 1. The monoisotopic (exact) mass is 433 g/mol. The van der Waals surface area contributed by atoms with Gasteiger partial charge in [-0.1, -0.05) is 12.1 Å². The normalized spacial score (nSPS) is 11.0. The Hall–Kier alpha value is -4.07. The second-order valence-electron chi connectivity index (χ2n) is 7.47. The van der Waals surface area contributed by atoms with E-state index in [1.165, 1.54) is 11.6 Å². The maximum atomic E-state index is 13.7. The fourth-order valence-corrected chi connectivity index (χ4v) is 4.02. The van der Waals surface area contributed by atoms with Gasteiger partial charge in [-0.15, -0.1) is 0 Å². The second kappa shape index (κ2) is 7.88. The molecule has 0 atom stereocenters. The molecule has 4 aromatic rings. The van der Waals surface area contributed by atoms with Crippen molar-refractivity contribution in [3.63, 3.8) is 0 Å². The van der Waals surface area contributed by atoms with Crippen molar-refractivity contribution in [2.75, 3.05) is 14.2 Å². The second-order valence-corrected chi connectivity index (χ2v) is 7.47. The molecule has 8 heteroatoms. The maximum absolute atomic E-state index is 13.7. The fourth-order valence-electron chi connectivity index (χ4n) is 4.02. The van der Waals surface area contributed by atoms with Crippen molar-refractivity contribution in [2.45, 2.75) is 0 Å². The van der Waals surface area contributed by atoms with Gasteiger partial charge in [0.15, 0.2) is 0 Å². The van der Waals surface area contributed by atoms with Crippen LogP contribution < -0.4 is 20.7 Å². The number of rotatable bonds is 5. The number of aromatic nitrogens is 3. The van der Waals surface area contributed by atoms with Gasteiger partial charge in [-0.3, -0.25) is 18.7 Å². The lowest BCUT2D eigenvalue weighted by Gasteiger charge is -2.09. The largest absolute Gasteiger partial charge is 0.497 e. The highest BCUT2D eigenvalue weighted by Crippen LogP contribution is 2.34. The Morgan fingerprint density at radius 1 is 0.750 bits per heavy atom. The van der Waals surface area contributed by atoms with Crippen molar-refractivity contribution in [2.24, 2.45) is 21.1 Å². The molecule has 0 saturated carbocycles. The standard InChI is InChI=1S/C24H23N3O5/c1-25-20(21(28)15-8-12-17(32-5)13-9-15)18(14-6-10-16(31-4)11-7-14)19-22(25)26(2)24(30)27(3)23(19)29/h6-13H,1-5H3. The highest BCUT2D eigenvalue weighted by Gasteiger charge is 2.27. The predicted octanol–water partition coefficient (Wildman–Crippen LogP) is 2.49. The summed E-state index contributed by atoms with van der Waals surface area (Å²) in [5, 5.41) is 0.305. The zero-order valence-corrected chi connectivity index (χ0v) is 18.5. The number of benzene rings is 2. The van der Waals surface area contributed by atoms with Gasteiger partial charge in [0.2, 0.25) is 5.78 Å². The van der Waals surface area contributed by atoms with E-state index in [4.69, 9.17) is 9.47 Å². The zero-order chi connectivity index (χ0) is 23.2. The highest BCUT2D eigenvalue weighted by molar-refractivity contribution is 6.17. The van der Waals surface area contributed by atoms with Crippen LogP contribution in [0.3, 0.4) is 0 Å². The Bertz CT molecular complexity index is 1460. The van der Waals surface area contributed by atoms with E-state index in [1.807, 2.05) is 0 Å². The van der Waals surface area contributed by atoms with E-state index in [-0.39, 0.29) is 5.78 Å². The summed E-state index contributed by atoms with van der Waals surface area (Å²) < 4.78 is 14.5. The molecule has 2 aromatic carbocycles. The average Bonchev–Trinajstić information content (AvgIpc) is 3.13. The molecule has 0 saturated heterocycles. The van der Waals surface area contributed by atoms with Gasteiger partial charge in [-0.2, -0.15) is 0 Å². The third-order valence-corrected chi connectivity index (χ3v) is 5.72. The lowest BCUT2D eigenvalue weighted by atomic mass is 9.98. The van der Waals surface area contributed by atoms with Crippen molar-refractivity contribution in [3.8, 4) is 22.6 Å². The molecule has 0 fully saturated rings. The molecule has 0 unspecified atom stereocenters. The van der Waals surface area contributed by atoms with Crippen LogP contribution in [0.15, 0.2) is 58.1 Å². The first kappa shape index (κ1) is 21.2. The molecular formula is C24H23N3O5. The van der Waals surface area contributed by atoms with E-state index < -0.39 is 11.2 Å². The minimum atomic E-state index is -0.465. The van der Waals surface area contributed by atoms with Gasteiger partial charge < -0.3 is 14.0 Å². The SMILES string of the molecule is COc1ccc(C(=O)c2c(-c3ccc(OC)cc3)c3c(=O)n(C)c(=O)n(C)c3n2C)cc1. The molecule has 0 N–H and O–H groups in total. The van der Waals surface area contributed by atoms with Crippen LogP contribution in [0.2, 0.25) is 0 Å². The van der Waals surface area contributed by atoms with E-state index >= 15 is 0 Å². The molecule has 0 aliphatic rings.